The van der Waals surface area contributed by atoms with Crippen molar-refractivity contribution in [2.24, 2.45) is 5.92 Å². The summed E-state index contributed by atoms with van der Waals surface area (Å²) in [4.78, 5) is 12.4. The second-order valence-electron chi connectivity index (χ2n) is 5.33. The number of carbonyl (C=O) groups is 1. The Kier molecular flexibility index (Phi) is 5.74. The minimum Gasteiger partial charge on any atom is -0.492 e. The number of Topliss-reactive ketones (excluding diaryl/α,β-unsaturated/α-hetero) is 1. The molecule has 0 radical (unpaired) electrons. The number of ketones is 1. The average molecular weight is 315 g/mol. The smallest absolute Gasteiger partial charge is 0.164 e. The van der Waals surface area contributed by atoms with E-state index in [1.165, 1.54) is 19.3 Å². The summed E-state index contributed by atoms with van der Waals surface area (Å²) in [7, 11) is 0. The van der Waals surface area contributed by atoms with E-state index in [2.05, 4.69) is 0 Å². The highest BCUT2D eigenvalue weighted by molar-refractivity contribution is 6.36. The lowest BCUT2D eigenvalue weighted by atomic mass is 9.85. The molecule has 0 bridgehead atoms. The van der Waals surface area contributed by atoms with Crippen molar-refractivity contribution < 1.29 is 9.53 Å². The van der Waals surface area contributed by atoms with Gasteiger partial charge >= 0.3 is 0 Å². The van der Waals surface area contributed by atoms with Crippen molar-refractivity contribution in [2.45, 2.75) is 45.4 Å². The number of rotatable bonds is 5. The maximum absolute atomic E-state index is 12.4. The van der Waals surface area contributed by atoms with Crippen LogP contribution in [0.25, 0.3) is 0 Å². The fourth-order valence-corrected chi connectivity index (χ4v) is 3.25. The lowest BCUT2D eigenvalue weighted by Gasteiger charge is -2.21. The van der Waals surface area contributed by atoms with Gasteiger partial charge in [-0.1, -0.05) is 55.3 Å². The molecular formula is C16H20Cl2O2. The predicted octanol–water partition coefficient (Wildman–Crippen LogP) is 5.55. The summed E-state index contributed by atoms with van der Waals surface area (Å²) in [5, 5.41) is 0.877. The van der Waals surface area contributed by atoms with Crippen molar-refractivity contribution in [3.63, 3.8) is 0 Å². The van der Waals surface area contributed by atoms with Crippen molar-refractivity contribution in [3.8, 4) is 5.75 Å². The van der Waals surface area contributed by atoms with Crippen LogP contribution >= 0.6 is 23.2 Å². The monoisotopic (exact) mass is 314 g/mol. The summed E-state index contributed by atoms with van der Waals surface area (Å²) >= 11 is 12.3. The zero-order chi connectivity index (χ0) is 14.5. The number of benzene rings is 1. The first-order valence-corrected chi connectivity index (χ1v) is 8.02. The molecule has 1 aromatic carbocycles. The highest BCUT2D eigenvalue weighted by Gasteiger charge is 2.20. The molecule has 0 unspecified atom stereocenters. The van der Waals surface area contributed by atoms with Crippen LogP contribution in [0.1, 0.15) is 55.8 Å². The lowest BCUT2D eigenvalue weighted by Crippen LogP contribution is -2.12. The van der Waals surface area contributed by atoms with Gasteiger partial charge in [-0.15, -0.1) is 0 Å². The molecule has 0 amide bonds. The molecule has 1 aliphatic rings. The Balaban J connectivity index is 2.10. The molecule has 4 heteroatoms. The summed E-state index contributed by atoms with van der Waals surface area (Å²) in [6, 6.07) is 3.28. The number of ether oxygens (including phenoxy) is 1. The van der Waals surface area contributed by atoms with E-state index in [1.807, 2.05) is 6.92 Å². The van der Waals surface area contributed by atoms with Gasteiger partial charge in [-0.2, -0.15) is 0 Å². The van der Waals surface area contributed by atoms with Crippen molar-refractivity contribution in [2.75, 3.05) is 6.61 Å². The van der Waals surface area contributed by atoms with Crippen LogP contribution in [0.3, 0.4) is 0 Å². The van der Waals surface area contributed by atoms with E-state index < -0.39 is 0 Å². The molecule has 0 N–H and O–H groups in total. The van der Waals surface area contributed by atoms with Gasteiger partial charge in [-0.05, 0) is 18.9 Å². The van der Waals surface area contributed by atoms with Crippen LogP contribution in [0, 0.1) is 5.92 Å². The molecule has 0 atom stereocenters. The van der Waals surface area contributed by atoms with E-state index in [-0.39, 0.29) is 5.78 Å². The third-order valence-corrected chi connectivity index (χ3v) is 4.43. The molecule has 1 saturated carbocycles. The Morgan fingerprint density at radius 1 is 1.20 bits per heavy atom. The Bertz CT molecular complexity index is 480. The molecule has 0 aliphatic heterocycles. The molecule has 20 heavy (non-hydrogen) atoms. The van der Waals surface area contributed by atoms with E-state index in [9.17, 15) is 4.79 Å². The van der Waals surface area contributed by atoms with Crippen LogP contribution in [0.15, 0.2) is 12.1 Å². The molecule has 0 heterocycles. The molecule has 0 saturated heterocycles. The van der Waals surface area contributed by atoms with Gasteiger partial charge in [0, 0.05) is 18.1 Å². The summed E-state index contributed by atoms with van der Waals surface area (Å²) in [5.74, 6) is 1.12. The highest BCUT2D eigenvalue weighted by atomic mass is 35.5. The number of hydrogen-bond donors (Lipinski definition) is 0. The molecule has 1 fully saturated rings. The van der Waals surface area contributed by atoms with Crippen molar-refractivity contribution in [3.05, 3.63) is 27.7 Å². The molecule has 1 aromatic rings. The summed E-state index contributed by atoms with van der Waals surface area (Å²) < 4.78 is 5.37. The Hall–Kier alpha value is -0.730. The van der Waals surface area contributed by atoms with Crippen LogP contribution in [0.4, 0.5) is 0 Å². The van der Waals surface area contributed by atoms with E-state index in [4.69, 9.17) is 27.9 Å². The summed E-state index contributed by atoms with van der Waals surface area (Å²) in [6.07, 6.45) is 6.62. The number of carbonyl (C=O) groups excluding carboxylic acids is 1. The Morgan fingerprint density at radius 3 is 2.55 bits per heavy atom. The number of hydrogen-bond acceptors (Lipinski definition) is 2. The minimum atomic E-state index is 0.0897. The quantitative estimate of drug-likeness (QED) is 0.666. The van der Waals surface area contributed by atoms with Gasteiger partial charge in [0.25, 0.3) is 0 Å². The number of halogens is 2. The van der Waals surface area contributed by atoms with Gasteiger partial charge in [0.05, 0.1) is 16.7 Å². The van der Waals surface area contributed by atoms with E-state index in [1.54, 1.807) is 12.1 Å². The summed E-state index contributed by atoms with van der Waals surface area (Å²) in [5.41, 5.74) is 0.519. The fourth-order valence-electron chi connectivity index (χ4n) is 2.77. The lowest BCUT2D eigenvalue weighted by molar-refractivity contribution is 0.0950. The molecule has 0 spiro atoms. The molecule has 0 aromatic heterocycles. The maximum Gasteiger partial charge on any atom is 0.164 e. The largest absolute Gasteiger partial charge is 0.492 e. The topological polar surface area (TPSA) is 26.3 Å². The second-order valence-corrected chi connectivity index (χ2v) is 6.14. The third-order valence-electron chi connectivity index (χ3n) is 3.82. The summed E-state index contributed by atoms with van der Waals surface area (Å²) in [6.45, 7) is 2.40. The van der Waals surface area contributed by atoms with Gasteiger partial charge in [0.1, 0.15) is 5.75 Å². The van der Waals surface area contributed by atoms with Gasteiger partial charge in [-0.3, -0.25) is 4.79 Å². The first-order chi connectivity index (χ1) is 9.61. The van der Waals surface area contributed by atoms with Crippen molar-refractivity contribution >= 4 is 29.0 Å². The van der Waals surface area contributed by atoms with Crippen molar-refractivity contribution in [1.29, 1.82) is 0 Å². The molecule has 2 rings (SSSR count). The normalized spacial score (nSPS) is 16.1. The minimum absolute atomic E-state index is 0.0897. The predicted molar refractivity (Wildman–Crippen MR) is 83.2 cm³/mol. The zero-order valence-electron chi connectivity index (χ0n) is 11.8. The maximum atomic E-state index is 12.4. The standard InChI is InChI=1S/C16H20Cl2O2/c1-2-20-16-10-13(17)12(9-14(16)18)15(19)8-11-6-4-3-5-7-11/h9-11H,2-8H2,1H3. The van der Waals surface area contributed by atoms with Crippen LogP contribution in [0.2, 0.25) is 10.0 Å². The van der Waals surface area contributed by atoms with Gasteiger partial charge in [-0.25, -0.2) is 0 Å². The van der Waals surface area contributed by atoms with E-state index in [0.717, 1.165) is 12.8 Å². The van der Waals surface area contributed by atoms with Crippen molar-refractivity contribution in [1.82, 2.24) is 0 Å². The third kappa shape index (κ3) is 3.89. The van der Waals surface area contributed by atoms with Gasteiger partial charge < -0.3 is 4.74 Å². The van der Waals surface area contributed by atoms with Gasteiger partial charge in [0.15, 0.2) is 5.78 Å². The highest BCUT2D eigenvalue weighted by Crippen LogP contribution is 2.34. The molecular weight excluding hydrogens is 295 g/mol. The van der Waals surface area contributed by atoms with Crippen LogP contribution in [-0.4, -0.2) is 12.4 Å². The zero-order valence-corrected chi connectivity index (χ0v) is 13.3. The van der Waals surface area contributed by atoms with Gasteiger partial charge in [0.2, 0.25) is 0 Å². The fraction of sp³-hybridized carbons (Fsp3) is 0.562. The average Bonchev–Trinajstić information content (AvgIpc) is 2.43. The van der Waals surface area contributed by atoms with Crippen LogP contribution < -0.4 is 4.74 Å². The Morgan fingerprint density at radius 2 is 1.90 bits per heavy atom. The van der Waals surface area contributed by atoms with E-state index in [0.29, 0.717) is 40.3 Å². The van der Waals surface area contributed by atoms with Crippen LogP contribution in [-0.2, 0) is 0 Å². The second kappa shape index (κ2) is 7.33. The first kappa shape index (κ1) is 15.7. The van der Waals surface area contributed by atoms with E-state index >= 15 is 0 Å². The molecule has 2 nitrogen and oxygen atoms in total. The van der Waals surface area contributed by atoms with Crippen LogP contribution in [0.5, 0.6) is 5.75 Å². The Labute approximate surface area is 130 Å². The molecule has 1 aliphatic carbocycles. The first-order valence-electron chi connectivity index (χ1n) is 7.26. The SMILES string of the molecule is CCOc1cc(Cl)c(C(=O)CC2CCCCC2)cc1Cl. The molecule has 110 valence electrons.